The number of unbranched alkanes of at least 4 members (excludes halogenated alkanes) is 1. The zero-order valence-electron chi connectivity index (χ0n) is 15.2. The van der Waals surface area contributed by atoms with Crippen LogP contribution in [0, 0.1) is 11.8 Å². The molecule has 2 aromatic rings. The Labute approximate surface area is 160 Å². The fourth-order valence-corrected chi connectivity index (χ4v) is 2.88. The summed E-state index contributed by atoms with van der Waals surface area (Å²) in [6.07, 6.45) is 11.2. The van der Waals surface area contributed by atoms with E-state index in [0.717, 1.165) is 30.4 Å². The minimum absolute atomic E-state index is 0.167. The van der Waals surface area contributed by atoms with Gasteiger partial charge in [-0.3, -0.25) is 4.79 Å². The molecule has 0 saturated carbocycles. The number of aliphatic hydroxyl groups excluding tert-OH is 1. The van der Waals surface area contributed by atoms with Crippen molar-refractivity contribution in [3.8, 4) is 11.8 Å². The first-order valence-electron chi connectivity index (χ1n) is 9.19. The zero-order chi connectivity index (χ0) is 18.9. The molecule has 1 aliphatic carbocycles. The Morgan fingerprint density at radius 3 is 2.30 bits per heavy atom. The third-order valence-electron chi connectivity index (χ3n) is 4.44. The second kappa shape index (κ2) is 9.40. The Morgan fingerprint density at radius 2 is 1.59 bits per heavy atom. The third kappa shape index (κ3) is 5.59. The molecule has 0 bridgehead atoms. The molecule has 0 aliphatic heterocycles. The molecule has 1 aliphatic rings. The molecule has 0 aromatic heterocycles. The molecule has 0 heterocycles. The molecule has 0 unspecified atom stereocenters. The van der Waals surface area contributed by atoms with Gasteiger partial charge in [-0.1, -0.05) is 72.7 Å². The van der Waals surface area contributed by atoms with Gasteiger partial charge in [0.1, 0.15) is 0 Å². The first kappa shape index (κ1) is 18.5. The first-order valence-corrected chi connectivity index (χ1v) is 9.19. The number of aryl methyl sites for hydroxylation is 1. The molecule has 3 rings (SSSR count). The van der Waals surface area contributed by atoms with E-state index in [2.05, 4.69) is 11.8 Å². The molecule has 0 spiro atoms. The highest BCUT2D eigenvalue weighted by atomic mass is 16.3. The van der Waals surface area contributed by atoms with Crippen LogP contribution < -0.4 is 0 Å². The van der Waals surface area contributed by atoms with E-state index in [-0.39, 0.29) is 5.78 Å². The number of aliphatic hydroxyl groups is 1. The van der Waals surface area contributed by atoms with E-state index in [1.807, 2.05) is 78.9 Å². The zero-order valence-corrected chi connectivity index (χ0v) is 15.2. The van der Waals surface area contributed by atoms with Gasteiger partial charge in [-0.15, -0.1) is 0 Å². The summed E-state index contributed by atoms with van der Waals surface area (Å²) in [5, 5.41) is 10.0. The fourth-order valence-electron chi connectivity index (χ4n) is 2.88. The van der Waals surface area contributed by atoms with E-state index in [1.165, 1.54) is 5.56 Å². The van der Waals surface area contributed by atoms with Crippen molar-refractivity contribution >= 4 is 5.78 Å². The second-order valence-electron chi connectivity index (χ2n) is 6.47. The SMILES string of the molecule is O=C(C#Cc1ccccc1)c1ccc(CCCCC(O)=C2C=CC=C2)cc1. The molecule has 2 heteroatoms. The van der Waals surface area contributed by atoms with E-state index in [1.54, 1.807) is 0 Å². The van der Waals surface area contributed by atoms with Crippen LogP contribution in [0.25, 0.3) is 0 Å². The number of hydrogen-bond acceptors (Lipinski definition) is 2. The van der Waals surface area contributed by atoms with Gasteiger partial charge in [0.25, 0.3) is 0 Å². The average Bonchev–Trinajstić information content (AvgIpc) is 3.25. The molecule has 0 atom stereocenters. The van der Waals surface area contributed by atoms with Gasteiger partial charge in [0.15, 0.2) is 0 Å². The van der Waals surface area contributed by atoms with Crippen molar-refractivity contribution in [1.82, 2.24) is 0 Å². The van der Waals surface area contributed by atoms with Gasteiger partial charge in [-0.25, -0.2) is 0 Å². The topological polar surface area (TPSA) is 37.3 Å². The number of ketones is 1. The molecular weight excluding hydrogens is 332 g/mol. The van der Waals surface area contributed by atoms with Crippen molar-refractivity contribution in [1.29, 1.82) is 0 Å². The predicted octanol–water partition coefficient (Wildman–Crippen LogP) is 5.57. The summed E-state index contributed by atoms with van der Waals surface area (Å²) in [6, 6.07) is 17.1. The standard InChI is InChI=1S/C25H22O2/c26-24(22-11-5-6-12-22)13-7-4-10-21-14-17-23(18-15-21)25(27)19-16-20-8-2-1-3-9-20/h1-3,5-6,8-9,11-12,14-15,17-18,26H,4,7,10,13H2. The van der Waals surface area contributed by atoms with E-state index in [0.29, 0.717) is 17.7 Å². The van der Waals surface area contributed by atoms with E-state index >= 15 is 0 Å². The highest BCUT2D eigenvalue weighted by molar-refractivity contribution is 6.09. The Bertz CT molecular complexity index is 919. The number of hydrogen-bond donors (Lipinski definition) is 1. The van der Waals surface area contributed by atoms with E-state index in [4.69, 9.17) is 0 Å². The number of allylic oxidation sites excluding steroid dienone is 6. The van der Waals surface area contributed by atoms with Gasteiger partial charge in [-0.2, -0.15) is 0 Å². The lowest BCUT2D eigenvalue weighted by atomic mass is 10.0. The first-order chi connectivity index (χ1) is 13.2. The summed E-state index contributed by atoms with van der Waals surface area (Å²) in [4.78, 5) is 12.2. The van der Waals surface area contributed by atoms with Gasteiger partial charge >= 0.3 is 0 Å². The molecule has 0 radical (unpaired) electrons. The van der Waals surface area contributed by atoms with Crippen molar-refractivity contribution < 1.29 is 9.90 Å². The Morgan fingerprint density at radius 1 is 0.889 bits per heavy atom. The van der Waals surface area contributed by atoms with Gasteiger partial charge in [-0.05, 0) is 42.9 Å². The van der Waals surface area contributed by atoms with Gasteiger partial charge in [0, 0.05) is 23.1 Å². The highest BCUT2D eigenvalue weighted by Crippen LogP contribution is 2.17. The van der Waals surface area contributed by atoms with Crippen molar-refractivity contribution in [2.75, 3.05) is 0 Å². The molecule has 2 aromatic carbocycles. The summed E-state index contributed by atoms with van der Waals surface area (Å²) in [5.41, 5.74) is 3.55. The van der Waals surface area contributed by atoms with Crippen molar-refractivity contribution in [3.63, 3.8) is 0 Å². The number of Topliss-reactive ketones (excluding diaryl/α,β-unsaturated/α-hetero) is 1. The summed E-state index contributed by atoms with van der Waals surface area (Å²) >= 11 is 0. The van der Waals surface area contributed by atoms with Crippen LogP contribution in [0.1, 0.15) is 40.7 Å². The van der Waals surface area contributed by atoms with Gasteiger partial charge in [0.05, 0.1) is 5.76 Å². The lowest BCUT2D eigenvalue weighted by Crippen LogP contribution is -1.96. The quantitative estimate of drug-likeness (QED) is 0.319. The van der Waals surface area contributed by atoms with Crippen LogP contribution in [0.15, 0.2) is 90.2 Å². The predicted molar refractivity (Wildman–Crippen MR) is 110 cm³/mol. The maximum atomic E-state index is 12.2. The highest BCUT2D eigenvalue weighted by Gasteiger charge is 2.04. The van der Waals surface area contributed by atoms with Crippen LogP contribution in [0.5, 0.6) is 0 Å². The summed E-state index contributed by atoms with van der Waals surface area (Å²) in [7, 11) is 0. The maximum absolute atomic E-state index is 12.2. The van der Waals surface area contributed by atoms with Crippen LogP contribution >= 0.6 is 0 Å². The van der Waals surface area contributed by atoms with Crippen molar-refractivity contribution in [3.05, 3.63) is 107 Å². The normalized spacial score (nSPS) is 11.9. The number of rotatable bonds is 6. The molecule has 2 nitrogen and oxygen atoms in total. The Balaban J connectivity index is 1.48. The van der Waals surface area contributed by atoms with E-state index < -0.39 is 0 Å². The molecule has 0 amide bonds. The summed E-state index contributed by atoms with van der Waals surface area (Å²) < 4.78 is 0. The van der Waals surface area contributed by atoms with Crippen LogP contribution in [-0.4, -0.2) is 10.9 Å². The van der Waals surface area contributed by atoms with Crippen molar-refractivity contribution in [2.24, 2.45) is 0 Å². The van der Waals surface area contributed by atoms with Crippen LogP contribution in [0.2, 0.25) is 0 Å². The van der Waals surface area contributed by atoms with Crippen LogP contribution in [0.3, 0.4) is 0 Å². The van der Waals surface area contributed by atoms with Gasteiger partial charge in [0.2, 0.25) is 5.78 Å². The van der Waals surface area contributed by atoms with Crippen LogP contribution in [-0.2, 0) is 6.42 Å². The molecular formula is C25H22O2. The molecule has 0 saturated heterocycles. The number of carbonyl (C=O) groups is 1. The monoisotopic (exact) mass is 354 g/mol. The Kier molecular flexibility index (Phi) is 6.44. The maximum Gasteiger partial charge on any atom is 0.236 e. The minimum Gasteiger partial charge on any atom is -0.512 e. The summed E-state index contributed by atoms with van der Waals surface area (Å²) in [6.45, 7) is 0. The largest absolute Gasteiger partial charge is 0.512 e. The molecule has 0 fully saturated rings. The van der Waals surface area contributed by atoms with Gasteiger partial charge < -0.3 is 5.11 Å². The summed E-state index contributed by atoms with van der Waals surface area (Å²) in [5.74, 6) is 5.88. The lowest BCUT2D eigenvalue weighted by molar-refractivity contribution is 0.105. The fraction of sp³-hybridized carbons (Fsp3) is 0.160. The second-order valence-corrected chi connectivity index (χ2v) is 6.47. The third-order valence-corrected chi connectivity index (χ3v) is 4.44. The number of carbonyl (C=O) groups excluding carboxylic acids is 1. The smallest absolute Gasteiger partial charge is 0.236 e. The van der Waals surface area contributed by atoms with Crippen molar-refractivity contribution in [2.45, 2.75) is 25.7 Å². The molecule has 27 heavy (non-hydrogen) atoms. The Hall–Kier alpha value is -3.31. The number of benzene rings is 2. The molecule has 134 valence electrons. The minimum atomic E-state index is -0.167. The molecule has 1 N–H and O–H groups in total. The lowest BCUT2D eigenvalue weighted by Gasteiger charge is -2.04. The van der Waals surface area contributed by atoms with Crippen LogP contribution in [0.4, 0.5) is 0 Å². The average molecular weight is 354 g/mol. The van der Waals surface area contributed by atoms with E-state index in [9.17, 15) is 9.90 Å².